The first kappa shape index (κ1) is 15.3. The van der Waals surface area contributed by atoms with Crippen molar-refractivity contribution in [2.24, 2.45) is 5.92 Å². The van der Waals surface area contributed by atoms with Gasteiger partial charge in [0.2, 0.25) is 0 Å². The molecule has 1 aromatic rings. The topological polar surface area (TPSA) is 46.6 Å². The number of rotatable bonds is 6. The van der Waals surface area contributed by atoms with Crippen LogP contribution >= 0.6 is 0 Å². The van der Waals surface area contributed by atoms with Crippen molar-refractivity contribution < 1.29 is 13.2 Å². The maximum Gasteiger partial charge on any atom is 0.150 e. The standard InChI is InChI=1S/C15H23NO3S/c1-16(8-6-13-7-9-20(17,18)12-13)11-14-4-3-5-15(10-14)19-2/h3-5,10,13H,6-9,11-12H2,1-2H3/t13-/m1/s1. The molecule has 112 valence electrons. The minimum absolute atomic E-state index is 0.341. The maximum absolute atomic E-state index is 11.4. The molecule has 0 N–H and O–H groups in total. The molecule has 1 saturated heterocycles. The van der Waals surface area contributed by atoms with Crippen molar-refractivity contribution in [2.75, 3.05) is 32.2 Å². The van der Waals surface area contributed by atoms with Gasteiger partial charge in [0, 0.05) is 6.54 Å². The van der Waals surface area contributed by atoms with E-state index in [0.717, 1.165) is 31.7 Å². The highest BCUT2D eigenvalue weighted by atomic mass is 32.2. The SMILES string of the molecule is COc1cccc(CN(C)CC[C@@H]2CCS(=O)(=O)C2)c1. The predicted molar refractivity (Wildman–Crippen MR) is 80.7 cm³/mol. The van der Waals surface area contributed by atoms with Crippen LogP contribution in [-0.4, -0.2) is 45.5 Å². The molecule has 0 aliphatic carbocycles. The Kier molecular flexibility index (Phi) is 5.05. The number of benzene rings is 1. The summed E-state index contributed by atoms with van der Waals surface area (Å²) in [6.45, 7) is 1.79. The molecule has 0 aromatic heterocycles. The summed E-state index contributed by atoms with van der Waals surface area (Å²) in [6.07, 6.45) is 1.79. The number of ether oxygens (including phenoxy) is 1. The number of sulfone groups is 1. The van der Waals surface area contributed by atoms with Gasteiger partial charge in [-0.2, -0.15) is 0 Å². The lowest BCUT2D eigenvalue weighted by Crippen LogP contribution is -2.21. The summed E-state index contributed by atoms with van der Waals surface area (Å²) >= 11 is 0. The van der Waals surface area contributed by atoms with E-state index >= 15 is 0 Å². The third-order valence-electron chi connectivity index (χ3n) is 3.83. The largest absolute Gasteiger partial charge is 0.497 e. The number of hydrogen-bond acceptors (Lipinski definition) is 4. The summed E-state index contributed by atoms with van der Waals surface area (Å²) in [5, 5.41) is 0. The Hall–Kier alpha value is -1.07. The molecule has 1 aliphatic heterocycles. The fraction of sp³-hybridized carbons (Fsp3) is 0.600. The third-order valence-corrected chi connectivity index (χ3v) is 5.67. The van der Waals surface area contributed by atoms with Crippen LogP contribution in [0.1, 0.15) is 18.4 Å². The maximum atomic E-state index is 11.4. The van der Waals surface area contributed by atoms with Crippen molar-refractivity contribution in [3.63, 3.8) is 0 Å². The molecule has 4 nitrogen and oxygen atoms in total. The minimum Gasteiger partial charge on any atom is -0.497 e. The van der Waals surface area contributed by atoms with Gasteiger partial charge in [0.15, 0.2) is 9.84 Å². The predicted octanol–water partition coefficient (Wildman–Crippen LogP) is 1.95. The van der Waals surface area contributed by atoms with Crippen LogP contribution in [0.4, 0.5) is 0 Å². The van der Waals surface area contributed by atoms with Crippen LogP contribution in [0.25, 0.3) is 0 Å². The second kappa shape index (κ2) is 6.59. The summed E-state index contributed by atoms with van der Waals surface area (Å²) in [7, 11) is 0.996. The van der Waals surface area contributed by atoms with Gasteiger partial charge >= 0.3 is 0 Å². The smallest absolute Gasteiger partial charge is 0.150 e. The lowest BCUT2D eigenvalue weighted by Gasteiger charge is -2.18. The molecule has 20 heavy (non-hydrogen) atoms. The Morgan fingerprint density at radius 2 is 2.20 bits per heavy atom. The molecule has 2 rings (SSSR count). The van der Waals surface area contributed by atoms with Gasteiger partial charge in [0.05, 0.1) is 18.6 Å². The van der Waals surface area contributed by atoms with Crippen LogP contribution in [0, 0.1) is 5.92 Å². The van der Waals surface area contributed by atoms with Gasteiger partial charge < -0.3 is 9.64 Å². The van der Waals surface area contributed by atoms with Crippen molar-refractivity contribution in [1.29, 1.82) is 0 Å². The average Bonchev–Trinajstić information content (AvgIpc) is 2.76. The second-order valence-electron chi connectivity index (χ2n) is 5.65. The summed E-state index contributed by atoms with van der Waals surface area (Å²) in [5.41, 5.74) is 1.21. The van der Waals surface area contributed by atoms with Gasteiger partial charge in [-0.1, -0.05) is 12.1 Å². The molecule has 1 aromatic carbocycles. The molecule has 0 saturated carbocycles. The van der Waals surface area contributed by atoms with E-state index in [1.807, 2.05) is 18.2 Å². The molecular formula is C15H23NO3S. The zero-order valence-electron chi connectivity index (χ0n) is 12.2. The fourth-order valence-electron chi connectivity index (χ4n) is 2.66. The molecule has 0 bridgehead atoms. The lowest BCUT2D eigenvalue weighted by atomic mass is 10.1. The minimum atomic E-state index is -2.75. The van der Waals surface area contributed by atoms with Crippen LogP contribution in [0.3, 0.4) is 0 Å². The van der Waals surface area contributed by atoms with Crippen molar-refractivity contribution >= 4 is 9.84 Å². The normalized spacial score (nSPS) is 21.2. The molecule has 1 aliphatic rings. The molecule has 5 heteroatoms. The Labute approximate surface area is 121 Å². The third kappa shape index (κ3) is 4.49. The van der Waals surface area contributed by atoms with E-state index in [1.165, 1.54) is 5.56 Å². The van der Waals surface area contributed by atoms with Gasteiger partial charge in [-0.15, -0.1) is 0 Å². The zero-order chi connectivity index (χ0) is 14.6. The Balaban J connectivity index is 1.79. The Bertz CT molecular complexity index is 542. The van der Waals surface area contributed by atoms with E-state index in [4.69, 9.17) is 4.74 Å². The van der Waals surface area contributed by atoms with E-state index in [2.05, 4.69) is 18.0 Å². The first-order valence-electron chi connectivity index (χ1n) is 7.00. The van der Waals surface area contributed by atoms with Gasteiger partial charge in [-0.25, -0.2) is 8.42 Å². The summed E-state index contributed by atoms with van der Waals surface area (Å²) in [5.74, 6) is 1.96. The van der Waals surface area contributed by atoms with E-state index < -0.39 is 9.84 Å². The lowest BCUT2D eigenvalue weighted by molar-refractivity contribution is 0.299. The Morgan fingerprint density at radius 3 is 2.85 bits per heavy atom. The highest BCUT2D eigenvalue weighted by Crippen LogP contribution is 2.22. The molecule has 1 fully saturated rings. The monoisotopic (exact) mass is 297 g/mol. The van der Waals surface area contributed by atoms with E-state index in [0.29, 0.717) is 17.4 Å². The van der Waals surface area contributed by atoms with Crippen LogP contribution in [0.2, 0.25) is 0 Å². The summed E-state index contributed by atoms with van der Waals surface area (Å²) < 4.78 is 28.1. The second-order valence-corrected chi connectivity index (χ2v) is 7.88. The van der Waals surface area contributed by atoms with Gasteiger partial charge in [0.1, 0.15) is 5.75 Å². The van der Waals surface area contributed by atoms with Crippen LogP contribution in [0.5, 0.6) is 5.75 Å². The molecule has 0 unspecified atom stereocenters. The zero-order valence-corrected chi connectivity index (χ0v) is 13.0. The Morgan fingerprint density at radius 1 is 1.40 bits per heavy atom. The quantitative estimate of drug-likeness (QED) is 0.805. The molecular weight excluding hydrogens is 274 g/mol. The number of methoxy groups -OCH3 is 1. The molecule has 1 atom stereocenters. The first-order valence-corrected chi connectivity index (χ1v) is 8.82. The van der Waals surface area contributed by atoms with Crippen molar-refractivity contribution in [3.8, 4) is 5.75 Å². The fourth-order valence-corrected chi connectivity index (χ4v) is 4.57. The van der Waals surface area contributed by atoms with Crippen LogP contribution in [0.15, 0.2) is 24.3 Å². The highest BCUT2D eigenvalue weighted by molar-refractivity contribution is 7.91. The van der Waals surface area contributed by atoms with Crippen molar-refractivity contribution in [3.05, 3.63) is 29.8 Å². The summed E-state index contributed by atoms with van der Waals surface area (Å²) in [6, 6.07) is 8.05. The van der Waals surface area contributed by atoms with Gasteiger partial charge in [-0.3, -0.25) is 0 Å². The highest BCUT2D eigenvalue weighted by Gasteiger charge is 2.27. The number of hydrogen-bond donors (Lipinski definition) is 0. The summed E-state index contributed by atoms with van der Waals surface area (Å²) in [4.78, 5) is 2.24. The van der Waals surface area contributed by atoms with E-state index in [9.17, 15) is 8.42 Å². The molecule has 0 amide bonds. The van der Waals surface area contributed by atoms with Crippen LogP contribution < -0.4 is 4.74 Å². The van der Waals surface area contributed by atoms with Gasteiger partial charge in [-0.05, 0) is 50.0 Å². The number of nitrogens with zero attached hydrogens (tertiary/aromatic N) is 1. The van der Waals surface area contributed by atoms with E-state index in [1.54, 1.807) is 7.11 Å². The first-order chi connectivity index (χ1) is 9.48. The average molecular weight is 297 g/mol. The molecule has 0 spiro atoms. The van der Waals surface area contributed by atoms with E-state index in [-0.39, 0.29) is 0 Å². The van der Waals surface area contributed by atoms with Crippen molar-refractivity contribution in [2.45, 2.75) is 19.4 Å². The molecule has 1 heterocycles. The van der Waals surface area contributed by atoms with Gasteiger partial charge in [0.25, 0.3) is 0 Å². The van der Waals surface area contributed by atoms with Crippen molar-refractivity contribution in [1.82, 2.24) is 4.90 Å². The van der Waals surface area contributed by atoms with Crippen LogP contribution in [-0.2, 0) is 16.4 Å². The molecule has 0 radical (unpaired) electrons.